The largest absolute Gasteiger partial charge is 0.476 e. The Kier molecular flexibility index (Phi) is 30.5. The van der Waals surface area contributed by atoms with Crippen LogP contribution in [0.25, 0.3) is 0 Å². The number of methoxy groups -OCH3 is 2. The summed E-state index contributed by atoms with van der Waals surface area (Å²) in [6.07, 6.45) is 3.22. The number of halogens is 3. The minimum absolute atomic E-state index is 0.0401. The third kappa shape index (κ3) is 25.1. The number of hydrogen-bond acceptors (Lipinski definition) is 20. The van der Waals surface area contributed by atoms with Gasteiger partial charge in [-0.15, -0.1) is 30.6 Å². The van der Waals surface area contributed by atoms with E-state index in [4.69, 9.17) is 31.2 Å². The molecule has 7 N–H and O–H groups in total. The first kappa shape index (κ1) is 62.6. The molecule has 400 valence electrons. The molecule has 0 atom stereocenters. The number of aromatic nitrogens is 10. The zero-order chi connectivity index (χ0) is 54.0. The Morgan fingerprint density at radius 2 is 1.32 bits per heavy atom. The number of esters is 1. The molecule has 4 heterocycles. The molecular weight excluding hydrogens is 1000 g/mol. The lowest BCUT2D eigenvalue weighted by molar-refractivity contribution is -0.137. The maximum absolute atomic E-state index is 12.8. The highest BCUT2D eigenvalue weighted by molar-refractivity contribution is 7.13. The molecule has 6 aromatic rings. The molecule has 1 amide bonds. The number of nitrogens with zero attached hydrogens (tertiary/aromatic N) is 10. The van der Waals surface area contributed by atoms with Crippen molar-refractivity contribution in [1.29, 1.82) is 0 Å². The van der Waals surface area contributed by atoms with E-state index in [-0.39, 0.29) is 40.9 Å². The van der Waals surface area contributed by atoms with Crippen LogP contribution in [0.1, 0.15) is 112 Å². The lowest BCUT2D eigenvalue weighted by Crippen LogP contribution is -2.26. The van der Waals surface area contributed by atoms with Gasteiger partial charge in [-0.05, 0) is 63.1 Å². The lowest BCUT2D eigenvalue weighted by atomic mass is 10.0. The second kappa shape index (κ2) is 35.6. The maximum atomic E-state index is 12.8. The number of rotatable bonds is 24. The molecule has 0 aliphatic rings. The summed E-state index contributed by atoms with van der Waals surface area (Å²) >= 11 is 2.47. The Morgan fingerprint density at radius 1 is 0.740 bits per heavy atom. The number of nitrogens with one attached hydrogen (secondary N) is 1. The first-order valence-corrected chi connectivity index (χ1v) is 24.4. The number of unbranched alkanes of at least 4 members (excludes halogenated alkanes) is 2. The van der Waals surface area contributed by atoms with Crippen LogP contribution in [0.2, 0.25) is 0 Å². The third-order valence-electron chi connectivity index (χ3n) is 9.34. The molecule has 0 radical (unpaired) electrons. The van der Waals surface area contributed by atoms with Crippen molar-refractivity contribution in [1.82, 2.24) is 55.7 Å². The predicted octanol–water partition coefficient (Wildman–Crippen LogP) is 5.04. The predicted molar refractivity (Wildman–Crippen MR) is 265 cm³/mol. The zero-order valence-electron chi connectivity index (χ0n) is 41.4. The number of nitrogens with two attached hydrogens (primary N) is 2. The van der Waals surface area contributed by atoms with E-state index in [0.717, 1.165) is 54.9 Å². The number of alkyl halides is 3. The molecule has 4 aromatic heterocycles. The van der Waals surface area contributed by atoms with Crippen molar-refractivity contribution in [3.05, 3.63) is 115 Å². The molecule has 73 heavy (non-hydrogen) atoms. The van der Waals surface area contributed by atoms with Gasteiger partial charge in [0.2, 0.25) is 10.0 Å². The molecular formula is C46H64F3N13O9S2. The minimum Gasteiger partial charge on any atom is -0.476 e. The monoisotopic (exact) mass is 1060 g/mol. The van der Waals surface area contributed by atoms with E-state index in [1.807, 2.05) is 12.1 Å². The smallest absolute Gasteiger partial charge is 0.416 e. The van der Waals surface area contributed by atoms with Crippen LogP contribution in [0.5, 0.6) is 0 Å². The fraction of sp³-hybridized carbons (Fsp3) is 0.478. The van der Waals surface area contributed by atoms with Gasteiger partial charge in [-0.1, -0.05) is 81.1 Å². The summed E-state index contributed by atoms with van der Waals surface area (Å²) in [5, 5.41) is 51.3. The van der Waals surface area contributed by atoms with Crippen molar-refractivity contribution in [2.75, 3.05) is 54.2 Å². The summed E-state index contributed by atoms with van der Waals surface area (Å²) in [6, 6.07) is 13.2. The van der Waals surface area contributed by atoms with Crippen molar-refractivity contribution in [2.45, 2.75) is 91.0 Å². The second-order valence-corrected chi connectivity index (χ2v) is 17.1. The fourth-order valence-electron chi connectivity index (χ4n) is 5.81. The highest BCUT2D eigenvalue weighted by Gasteiger charge is 2.30. The van der Waals surface area contributed by atoms with E-state index < -0.39 is 23.7 Å². The van der Waals surface area contributed by atoms with Crippen LogP contribution in [0, 0.1) is 6.92 Å². The van der Waals surface area contributed by atoms with Crippen molar-refractivity contribution in [2.24, 2.45) is 11.5 Å². The highest BCUT2D eigenvalue weighted by Crippen LogP contribution is 2.30. The molecule has 0 bridgehead atoms. The molecule has 27 heteroatoms. The first-order valence-electron chi connectivity index (χ1n) is 22.8. The third-order valence-corrected chi connectivity index (χ3v) is 11.3. The van der Waals surface area contributed by atoms with E-state index in [2.05, 4.69) is 70.1 Å². The number of aliphatic hydroxyl groups excluding tert-OH is 1. The van der Waals surface area contributed by atoms with Crippen LogP contribution in [0.4, 0.5) is 13.2 Å². The molecule has 22 nitrogen and oxygen atoms in total. The van der Waals surface area contributed by atoms with E-state index in [0.29, 0.717) is 76.0 Å². The number of benzene rings is 2. The maximum Gasteiger partial charge on any atom is 0.416 e. The summed E-state index contributed by atoms with van der Waals surface area (Å²) in [4.78, 5) is 46.4. The molecule has 0 aliphatic carbocycles. The van der Waals surface area contributed by atoms with Gasteiger partial charge >= 0.3 is 18.1 Å². The number of ether oxygens (including phenoxy) is 3. The van der Waals surface area contributed by atoms with E-state index >= 15 is 0 Å². The first-order chi connectivity index (χ1) is 35.1. The average molecular weight is 1060 g/mol. The Morgan fingerprint density at radius 3 is 1.84 bits per heavy atom. The summed E-state index contributed by atoms with van der Waals surface area (Å²) in [5.74, 6) is -2.10. The van der Waals surface area contributed by atoms with Crippen LogP contribution in [-0.2, 0) is 59.3 Å². The van der Waals surface area contributed by atoms with Gasteiger partial charge in [-0.25, -0.2) is 9.59 Å². The molecule has 0 saturated heterocycles. The highest BCUT2D eigenvalue weighted by atomic mass is 32.1. The molecule has 0 saturated carbocycles. The van der Waals surface area contributed by atoms with Crippen molar-refractivity contribution < 1.29 is 56.8 Å². The number of aryl methyl sites for hydroxylation is 6. The van der Waals surface area contributed by atoms with E-state index in [1.54, 1.807) is 38.1 Å². The number of ketones is 1. The Balaban J connectivity index is 0.000000404. The van der Waals surface area contributed by atoms with Crippen LogP contribution < -0.4 is 16.8 Å². The van der Waals surface area contributed by atoms with Gasteiger partial charge in [0.15, 0.2) is 11.5 Å². The standard InChI is InChI=1S/C22H25F3N6O3S.C12H15N5O4S.C8H11N.C3H9NO.CH4O/c1-34-12-10-26-20(33)21-29-28-19(35-21)7-2-3-11-31-14-17(27-30-31)18(32)9-8-15-5-4-6-16(13-15)22(23,24)25;1-2-21-12(20)10-15-14-9(22-10)5-3-4-6-17-7-8(11(18)19)13-16-17;1-7-3-2-4-8(5-7)6-9;1-5-3-2-4;1-2/h4-6,13-14H,2-3,7-12H2,1H3,(H,26,33);7H,2-6H2,1H3,(H,18,19);2-5H,6,9H2,1H3;2-4H2,1H3;2H,1H3. The quantitative estimate of drug-likeness (QED) is 0.0301. The number of amides is 1. The summed E-state index contributed by atoms with van der Waals surface area (Å²) in [7, 11) is 4.19. The van der Waals surface area contributed by atoms with Gasteiger partial charge in [-0.3, -0.25) is 19.0 Å². The molecule has 6 rings (SSSR count). The molecule has 2 aromatic carbocycles. The Labute approximate surface area is 428 Å². The topological polar surface area (TPSA) is 313 Å². The molecule has 0 fully saturated rings. The van der Waals surface area contributed by atoms with Gasteiger partial charge in [0, 0.05) is 73.3 Å². The molecule has 0 unspecified atom stereocenters. The average Bonchev–Trinajstić information content (AvgIpc) is 4.24. The number of carboxylic acid groups (broad SMARTS) is 1. The number of Topliss-reactive ketones (excluding diaryl/α,β-unsaturated/α-hetero) is 1. The van der Waals surface area contributed by atoms with Gasteiger partial charge in [-0.2, -0.15) is 13.2 Å². The minimum atomic E-state index is -4.42. The fourth-order valence-corrected chi connectivity index (χ4v) is 7.38. The Bertz CT molecular complexity index is 2520. The van der Waals surface area contributed by atoms with Crippen LogP contribution in [0.3, 0.4) is 0 Å². The van der Waals surface area contributed by atoms with Crippen LogP contribution in [0.15, 0.2) is 60.9 Å². The Hall–Kier alpha value is -6.49. The second-order valence-electron chi connectivity index (χ2n) is 15.0. The van der Waals surface area contributed by atoms with Gasteiger partial charge in [0.1, 0.15) is 15.7 Å². The number of carbonyl (C=O) groups is 4. The van der Waals surface area contributed by atoms with Gasteiger partial charge in [0.05, 0.1) is 37.8 Å². The molecule has 0 spiro atoms. The summed E-state index contributed by atoms with van der Waals surface area (Å²) < 4.78 is 55.8. The number of aromatic carboxylic acids is 1. The zero-order valence-corrected chi connectivity index (χ0v) is 43.0. The van der Waals surface area contributed by atoms with E-state index in [9.17, 15) is 32.3 Å². The van der Waals surface area contributed by atoms with Crippen molar-refractivity contribution in [3.63, 3.8) is 0 Å². The van der Waals surface area contributed by atoms with E-state index in [1.165, 1.54) is 50.7 Å². The number of carboxylic acids is 1. The number of carbonyl (C=O) groups excluding carboxylic acids is 3. The number of hydrogen-bond donors (Lipinski definition) is 5. The SMILES string of the molecule is CCOC(=O)c1nnc(CCCCn2cc(C(=O)O)nn2)s1.CO.COCCN.COCCNC(=O)c1nnc(CCCCn2cc(C(=O)CCc3cccc(C(F)(F)F)c3)nn2)s1.Cc1cccc(CN)c1. The number of aliphatic hydroxyl groups is 1. The van der Waals surface area contributed by atoms with Crippen LogP contribution >= 0.6 is 22.7 Å². The normalized spacial score (nSPS) is 10.6. The van der Waals surface area contributed by atoms with Crippen LogP contribution in [-0.4, -0.2) is 138 Å². The van der Waals surface area contributed by atoms with Crippen molar-refractivity contribution in [3.8, 4) is 0 Å². The molecule has 0 aliphatic heterocycles. The van der Waals surface area contributed by atoms with Gasteiger partial charge < -0.3 is 41.2 Å². The van der Waals surface area contributed by atoms with Crippen molar-refractivity contribution >= 4 is 46.3 Å². The summed E-state index contributed by atoms with van der Waals surface area (Å²) in [6.45, 7) is 7.97. The van der Waals surface area contributed by atoms with Gasteiger partial charge in [0.25, 0.3) is 5.91 Å². The summed E-state index contributed by atoms with van der Waals surface area (Å²) in [5.41, 5.74) is 12.7. The lowest BCUT2D eigenvalue weighted by Gasteiger charge is -2.08.